The molecular weight excluding hydrogens is 396 g/mol. The van der Waals surface area contributed by atoms with Gasteiger partial charge in [0.15, 0.2) is 0 Å². The highest BCUT2D eigenvalue weighted by Gasteiger charge is 2.06. The highest BCUT2D eigenvalue weighted by molar-refractivity contribution is 5.84. The van der Waals surface area contributed by atoms with E-state index in [1.165, 1.54) is 70.6 Å². The van der Waals surface area contributed by atoms with Crippen LogP contribution in [0.3, 0.4) is 0 Å². The Kier molecular flexibility index (Phi) is 13.3. The summed E-state index contributed by atoms with van der Waals surface area (Å²) >= 11 is 0. The number of carbonyl (C=O) groups is 1. The number of aromatic hydroxyl groups is 1. The van der Waals surface area contributed by atoms with Gasteiger partial charge >= 0.3 is 0 Å². The number of H-pyrrole nitrogens is 1. The monoisotopic (exact) mass is 440 g/mol. The van der Waals surface area contributed by atoms with E-state index in [2.05, 4.69) is 29.4 Å². The molecule has 1 aromatic carbocycles. The number of hydrogen-bond acceptors (Lipinski definition) is 2. The van der Waals surface area contributed by atoms with Gasteiger partial charge in [-0.1, -0.05) is 70.4 Å². The van der Waals surface area contributed by atoms with E-state index >= 15 is 0 Å². The van der Waals surface area contributed by atoms with Crippen LogP contribution in [0, 0.1) is 0 Å². The molecule has 0 aliphatic carbocycles. The Morgan fingerprint density at radius 1 is 0.938 bits per heavy atom. The van der Waals surface area contributed by atoms with E-state index in [4.69, 9.17) is 0 Å². The van der Waals surface area contributed by atoms with Gasteiger partial charge in [0.25, 0.3) is 0 Å². The molecule has 3 N–H and O–H groups in total. The number of nitrogens with one attached hydrogen (secondary N) is 2. The first-order chi connectivity index (χ1) is 15.7. The van der Waals surface area contributed by atoms with Crippen LogP contribution in [0.5, 0.6) is 5.75 Å². The summed E-state index contributed by atoms with van der Waals surface area (Å²) in [5, 5.41) is 13.7. The molecule has 1 heterocycles. The number of amides is 1. The zero-order valence-electron chi connectivity index (χ0n) is 20.1. The van der Waals surface area contributed by atoms with Gasteiger partial charge in [-0.05, 0) is 62.3 Å². The van der Waals surface area contributed by atoms with Crippen LogP contribution in [0.4, 0.5) is 0 Å². The fourth-order valence-corrected chi connectivity index (χ4v) is 4.15. The summed E-state index contributed by atoms with van der Waals surface area (Å²) in [7, 11) is 0. The summed E-state index contributed by atoms with van der Waals surface area (Å²) in [6, 6.07) is 5.33. The normalized spacial score (nSPS) is 11.5. The summed E-state index contributed by atoms with van der Waals surface area (Å²) in [6.45, 7) is 2.90. The second-order valence-electron chi connectivity index (χ2n) is 8.98. The molecule has 4 heteroatoms. The van der Waals surface area contributed by atoms with Gasteiger partial charge in [-0.3, -0.25) is 4.79 Å². The Balaban J connectivity index is 1.40. The van der Waals surface area contributed by atoms with E-state index in [-0.39, 0.29) is 11.7 Å². The van der Waals surface area contributed by atoms with Crippen molar-refractivity contribution in [1.29, 1.82) is 0 Å². The number of unbranched alkanes of at least 4 members (excludes halogenated alkanes) is 11. The zero-order chi connectivity index (χ0) is 22.9. The maximum Gasteiger partial charge on any atom is 0.220 e. The molecule has 0 bridgehead atoms. The summed E-state index contributed by atoms with van der Waals surface area (Å²) in [5.41, 5.74) is 2.13. The van der Waals surface area contributed by atoms with Crippen LogP contribution in [0.25, 0.3) is 10.9 Å². The van der Waals surface area contributed by atoms with Gasteiger partial charge in [0.05, 0.1) is 0 Å². The van der Waals surface area contributed by atoms with Crippen molar-refractivity contribution in [2.75, 3.05) is 6.54 Å². The minimum atomic E-state index is 0.144. The fraction of sp³-hybridized carbons (Fsp3) is 0.607. The van der Waals surface area contributed by atoms with Crippen molar-refractivity contribution in [3.63, 3.8) is 0 Å². The first kappa shape index (κ1) is 26.0. The first-order valence-electron chi connectivity index (χ1n) is 12.9. The van der Waals surface area contributed by atoms with Gasteiger partial charge in [-0.15, -0.1) is 0 Å². The van der Waals surface area contributed by atoms with E-state index in [9.17, 15) is 9.90 Å². The molecule has 0 spiro atoms. The molecule has 4 nitrogen and oxygen atoms in total. The molecule has 0 fully saturated rings. The maximum atomic E-state index is 12.1. The molecule has 0 aliphatic heterocycles. The van der Waals surface area contributed by atoms with Crippen molar-refractivity contribution in [2.45, 2.75) is 103 Å². The van der Waals surface area contributed by atoms with Crippen LogP contribution in [-0.4, -0.2) is 22.5 Å². The number of phenols is 1. The van der Waals surface area contributed by atoms with E-state index in [0.717, 1.165) is 35.7 Å². The van der Waals surface area contributed by atoms with Gasteiger partial charge in [-0.2, -0.15) is 0 Å². The van der Waals surface area contributed by atoms with Gasteiger partial charge in [0, 0.05) is 30.1 Å². The highest BCUT2D eigenvalue weighted by atomic mass is 16.3. The fourth-order valence-electron chi connectivity index (χ4n) is 4.15. The number of rotatable bonds is 18. The van der Waals surface area contributed by atoms with Crippen molar-refractivity contribution >= 4 is 16.8 Å². The predicted molar refractivity (Wildman–Crippen MR) is 136 cm³/mol. The first-order valence-corrected chi connectivity index (χ1v) is 12.9. The molecule has 0 unspecified atom stereocenters. The smallest absolute Gasteiger partial charge is 0.220 e. The van der Waals surface area contributed by atoms with Crippen LogP contribution in [0.2, 0.25) is 0 Å². The molecule has 1 aromatic heterocycles. The van der Waals surface area contributed by atoms with Crippen molar-refractivity contribution < 1.29 is 9.90 Å². The van der Waals surface area contributed by atoms with Crippen molar-refractivity contribution in [3.05, 3.63) is 42.1 Å². The number of aromatic amines is 1. The topological polar surface area (TPSA) is 65.1 Å². The van der Waals surface area contributed by atoms with Gasteiger partial charge in [-0.25, -0.2) is 0 Å². The number of benzene rings is 1. The number of aromatic nitrogens is 1. The lowest BCUT2D eigenvalue weighted by Crippen LogP contribution is -2.25. The molecule has 178 valence electrons. The molecule has 0 saturated carbocycles. The summed E-state index contributed by atoms with van der Waals surface area (Å²) in [6.07, 6.45) is 24.6. The summed E-state index contributed by atoms with van der Waals surface area (Å²) < 4.78 is 0. The lowest BCUT2D eigenvalue weighted by Gasteiger charge is -2.05. The van der Waals surface area contributed by atoms with E-state index in [0.29, 0.717) is 13.0 Å². The maximum absolute atomic E-state index is 12.1. The number of carbonyl (C=O) groups excluding carboxylic acids is 1. The van der Waals surface area contributed by atoms with Crippen LogP contribution >= 0.6 is 0 Å². The Bertz CT molecular complexity index is 794. The van der Waals surface area contributed by atoms with E-state index < -0.39 is 0 Å². The van der Waals surface area contributed by atoms with Crippen LogP contribution in [0.15, 0.2) is 36.5 Å². The van der Waals surface area contributed by atoms with E-state index in [1.807, 2.05) is 12.3 Å². The second kappa shape index (κ2) is 16.4. The molecule has 0 aliphatic rings. The quantitative estimate of drug-likeness (QED) is 0.165. The number of fused-ring (bicyclic) bond motifs is 1. The van der Waals surface area contributed by atoms with Gasteiger partial charge in [0.1, 0.15) is 5.75 Å². The molecule has 0 atom stereocenters. The Morgan fingerprint density at radius 2 is 1.59 bits per heavy atom. The minimum absolute atomic E-state index is 0.144. The number of hydrogen-bond donors (Lipinski definition) is 3. The van der Waals surface area contributed by atoms with Crippen LogP contribution in [0.1, 0.15) is 102 Å². The van der Waals surface area contributed by atoms with Crippen molar-refractivity contribution in [3.8, 4) is 5.75 Å². The van der Waals surface area contributed by atoms with Gasteiger partial charge < -0.3 is 15.4 Å². The lowest BCUT2D eigenvalue weighted by atomic mass is 10.1. The third kappa shape index (κ3) is 10.9. The molecule has 0 saturated heterocycles. The van der Waals surface area contributed by atoms with Crippen molar-refractivity contribution in [1.82, 2.24) is 10.3 Å². The Labute approximate surface area is 194 Å². The molecule has 0 radical (unpaired) electrons. The third-order valence-electron chi connectivity index (χ3n) is 6.13. The SMILES string of the molecule is CCCCCCCC/C=C/CCCCCCCC(=O)NCCc1c[nH]c2ccc(O)cc12. The highest BCUT2D eigenvalue weighted by Crippen LogP contribution is 2.23. The predicted octanol–water partition coefficient (Wildman–Crippen LogP) is 7.57. The minimum Gasteiger partial charge on any atom is -0.508 e. The standard InChI is InChI=1S/C28H44N2O2/c1-2-3-4-5-6-7-8-9-10-11-12-13-14-15-16-17-28(32)29-21-20-24-23-30-27-19-18-25(31)22-26(24)27/h9-10,18-19,22-23,30-31H,2-8,11-17,20-21H2,1H3,(H,29,32)/b10-9+. The average Bonchev–Trinajstić information content (AvgIpc) is 3.18. The largest absolute Gasteiger partial charge is 0.508 e. The molecular formula is C28H44N2O2. The Morgan fingerprint density at radius 3 is 2.31 bits per heavy atom. The van der Waals surface area contributed by atoms with E-state index in [1.54, 1.807) is 12.1 Å². The lowest BCUT2D eigenvalue weighted by molar-refractivity contribution is -0.121. The molecule has 1 amide bonds. The number of phenolic OH excluding ortho intramolecular Hbond substituents is 1. The summed E-state index contributed by atoms with van der Waals surface area (Å²) in [4.78, 5) is 15.3. The average molecular weight is 441 g/mol. The second-order valence-corrected chi connectivity index (χ2v) is 8.98. The molecule has 2 aromatic rings. The number of allylic oxidation sites excluding steroid dienone is 2. The van der Waals surface area contributed by atoms with Gasteiger partial charge in [0.2, 0.25) is 5.91 Å². The van der Waals surface area contributed by atoms with Crippen molar-refractivity contribution in [2.24, 2.45) is 0 Å². The molecule has 2 rings (SSSR count). The molecule has 32 heavy (non-hydrogen) atoms. The Hall–Kier alpha value is -2.23. The van der Waals surface area contributed by atoms with Crippen LogP contribution < -0.4 is 5.32 Å². The zero-order valence-corrected chi connectivity index (χ0v) is 20.1. The third-order valence-corrected chi connectivity index (χ3v) is 6.13. The summed E-state index contributed by atoms with van der Waals surface area (Å²) in [5.74, 6) is 0.414. The van der Waals surface area contributed by atoms with Crippen LogP contribution in [-0.2, 0) is 11.2 Å².